The lowest BCUT2D eigenvalue weighted by Gasteiger charge is -2.35. The third-order valence-corrected chi connectivity index (χ3v) is 6.55. The van der Waals surface area contributed by atoms with Crippen molar-refractivity contribution in [3.63, 3.8) is 0 Å². The summed E-state index contributed by atoms with van der Waals surface area (Å²) in [5, 5.41) is 4.86. The largest absolute Gasteiger partial charge is 0.334 e. The number of hydrogen-bond donors (Lipinski definition) is 2. The maximum absolute atomic E-state index is 12.7. The van der Waals surface area contributed by atoms with Gasteiger partial charge in [-0.05, 0) is 55.0 Å². The van der Waals surface area contributed by atoms with E-state index in [0.717, 1.165) is 30.0 Å². The number of piperidine rings is 1. The summed E-state index contributed by atoms with van der Waals surface area (Å²) in [5.41, 5.74) is 7.15. The van der Waals surface area contributed by atoms with Gasteiger partial charge in [-0.15, -0.1) is 23.1 Å². The van der Waals surface area contributed by atoms with Crippen molar-refractivity contribution in [2.45, 2.75) is 29.5 Å². The van der Waals surface area contributed by atoms with E-state index in [0.29, 0.717) is 23.5 Å². The molecule has 1 fully saturated rings. The number of anilines is 1. The maximum Gasteiger partial charge on any atom is 0.254 e. The lowest BCUT2D eigenvalue weighted by molar-refractivity contribution is -0.113. The average Bonchev–Trinajstić information content (AvgIpc) is 3.20. The minimum atomic E-state index is -0.0540. The van der Waals surface area contributed by atoms with E-state index in [1.807, 2.05) is 22.4 Å². The number of thiophene rings is 1. The standard InChI is InChI=1S/C19H23N3O2S2/c20-12-16-4-1-2-10-22(16)19(24)14-6-8-15(9-7-14)21-17(23)13-26-18-5-3-11-25-18/h3,5-9,11,16H,1-2,4,10,12-13,20H2,(H,21,23). The first-order valence-corrected chi connectivity index (χ1v) is 10.6. The number of carbonyl (C=O) groups is 2. The van der Waals surface area contributed by atoms with Gasteiger partial charge in [0, 0.05) is 30.4 Å². The van der Waals surface area contributed by atoms with Crippen molar-refractivity contribution < 1.29 is 9.59 Å². The zero-order valence-corrected chi connectivity index (χ0v) is 16.2. The summed E-state index contributed by atoms with van der Waals surface area (Å²) < 4.78 is 1.12. The Morgan fingerprint density at radius 2 is 2.04 bits per heavy atom. The summed E-state index contributed by atoms with van der Waals surface area (Å²) in [6.07, 6.45) is 3.12. The van der Waals surface area contributed by atoms with Crippen LogP contribution in [0.5, 0.6) is 0 Å². The summed E-state index contributed by atoms with van der Waals surface area (Å²) in [6.45, 7) is 1.26. The fourth-order valence-corrected chi connectivity index (χ4v) is 4.64. The number of rotatable bonds is 6. The molecular formula is C19H23N3O2S2. The van der Waals surface area contributed by atoms with Crippen LogP contribution in [0.2, 0.25) is 0 Å². The maximum atomic E-state index is 12.7. The number of nitrogens with one attached hydrogen (secondary N) is 1. The average molecular weight is 390 g/mol. The highest BCUT2D eigenvalue weighted by molar-refractivity contribution is 8.01. The molecule has 1 aromatic carbocycles. The highest BCUT2D eigenvalue weighted by atomic mass is 32.2. The number of carbonyl (C=O) groups excluding carboxylic acids is 2. The molecule has 5 nitrogen and oxygen atoms in total. The normalized spacial score (nSPS) is 17.1. The molecule has 1 aliphatic rings. The Morgan fingerprint density at radius 1 is 1.23 bits per heavy atom. The van der Waals surface area contributed by atoms with Crippen LogP contribution in [0.4, 0.5) is 5.69 Å². The molecular weight excluding hydrogens is 366 g/mol. The third-order valence-electron chi connectivity index (χ3n) is 4.42. The predicted octanol–water partition coefficient (Wildman–Crippen LogP) is 3.43. The Bertz CT molecular complexity index is 732. The summed E-state index contributed by atoms with van der Waals surface area (Å²) in [6, 6.07) is 11.2. The molecule has 2 amide bonds. The van der Waals surface area contributed by atoms with E-state index in [1.54, 1.807) is 35.6 Å². The van der Waals surface area contributed by atoms with Gasteiger partial charge in [0.25, 0.3) is 5.91 Å². The van der Waals surface area contributed by atoms with Gasteiger partial charge in [-0.25, -0.2) is 0 Å². The van der Waals surface area contributed by atoms with E-state index in [2.05, 4.69) is 5.32 Å². The van der Waals surface area contributed by atoms with Crippen LogP contribution in [0.25, 0.3) is 0 Å². The lowest BCUT2D eigenvalue weighted by atomic mass is 10.0. The number of likely N-dealkylation sites (tertiary alicyclic amines) is 1. The van der Waals surface area contributed by atoms with E-state index in [9.17, 15) is 9.59 Å². The van der Waals surface area contributed by atoms with Crippen molar-refractivity contribution in [1.82, 2.24) is 4.90 Å². The van der Waals surface area contributed by atoms with Crippen molar-refractivity contribution in [3.8, 4) is 0 Å². The predicted molar refractivity (Wildman–Crippen MR) is 108 cm³/mol. The zero-order chi connectivity index (χ0) is 18.4. The lowest BCUT2D eigenvalue weighted by Crippen LogP contribution is -2.47. The van der Waals surface area contributed by atoms with Gasteiger partial charge in [0.15, 0.2) is 0 Å². The minimum absolute atomic E-state index is 0.0197. The first-order chi connectivity index (χ1) is 12.7. The first-order valence-electron chi connectivity index (χ1n) is 8.74. The second-order valence-corrected chi connectivity index (χ2v) is 8.45. The van der Waals surface area contributed by atoms with Crippen LogP contribution in [-0.2, 0) is 4.79 Å². The number of nitrogens with zero attached hydrogens (tertiary/aromatic N) is 1. The molecule has 0 bridgehead atoms. The molecule has 26 heavy (non-hydrogen) atoms. The van der Waals surface area contributed by atoms with E-state index < -0.39 is 0 Å². The molecule has 1 saturated heterocycles. The molecule has 138 valence electrons. The van der Waals surface area contributed by atoms with Gasteiger partial charge in [0.05, 0.1) is 9.96 Å². The molecule has 2 aromatic rings. The van der Waals surface area contributed by atoms with Crippen LogP contribution in [0, 0.1) is 0 Å². The molecule has 0 spiro atoms. The van der Waals surface area contributed by atoms with Crippen molar-refractivity contribution in [2.75, 3.05) is 24.2 Å². The van der Waals surface area contributed by atoms with Crippen LogP contribution in [0.15, 0.2) is 46.0 Å². The summed E-state index contributed by atoms with van der Waals surface area (Å²) in [7, 11) is 0. The molecule has 1 aliphatic heterocycles. The summed E-state index contributed by atoms with van der Waals surface area (Å²) >= 11 is 3.14. The summed E-state index contributed by atoms with van der Waals surface area (Å²) in [4.78, 5) is 26.6. The Kier molecular flexibility index (Phi) is 6.71. The fraction of sp³-hybridized carbons (Fsp3) is 0.368. The van der Waals surface area contributed by atoms with Crippen LogP contribution < -0.4 is 11.1 Å². The Hall–Kier alpha value is -1.83. The second-order valence-electron chi connectivity index (χ2n) is 6.23. The minimum Gasteiger partial charge on any atom is -0.334 e. The van der Waals surface area contributed by atoms with Crippen LogP contribution in [-0.4, -0.2) is 41.6 Å². The van der Waals surface area contributed by atoms with Gasteiger partial charge in [-0.1, -0.05) is 6.07 Å². The topological polar surface area (TPSA) is 75.4 Å². The Balaban J connectivity index is 1.55. The van der Waals surface area contributed by atoms with Gasteiger partial charge >= 0.3 is 0 Å². The van der Waals surface area contributed by atoms with Gasteiger partial charge in [0.1, 0.15) is 0 Å². The molecule has 1 aromatic heterocycles. The Morgan fingerprint density at radius 3 is 2.73 bits per heavy atom. The quantitative estimate of drug-likeness (QED) is 0.742. The van der Waals surface area contributed by atoms with Crippen LogP contribution >= 0.6 is 23.1 Å². The monoisotopic (exact) mass is 389 g/mol. The molecule has 3 rings (SSSR count). The molecule has 1 atom stereocenters. The van der Waals surface area contributed by atoms with Gasteiger partial charge in [-0.3, -0.25) is 9.59 Å². The number of benzene rings is 1. The van der Waals surface area contributed by atoms with Gasteiger partial charge in [-0.2, -0.15) is 0 Å². The molecule has 0 radical (unpaired) electrons. The highest BCUT2D eigenvalue weighted by Gasteiger charge is 2.26. The number of nitrogens with two attached hydrogens (primary N) is 1. The third kappa shape index (κ3) is 4.87. The molecule has 2 heterocycles. The van der Waals surface area contributed by atoms with Crippen molar-refractivity contribution in [1.29, 1.82) is 0 Å². The SMILES string of the molecule is NCC1CCCCN1C(=O)c1ccc(NC(=O)CSc2cccs2)cc1. The van der Waals surface area contributed by atoms with E-state index >= 15 is 0 Å². The summed E-state index contributed by atoms with van der Waals surface area (Å²) in [5.74, 6) is 0.334. The number of amides is 2. The van der Waals surface area contributed by atoms with E-state index in [-0.39, 0.29) is 17.9 Å². The first kappa shape index (κ1) is 18.9. The molecule has 7 heteroatoms. The van der Waals surface area contributed by atoms with E-state index in [4.69, 9.17) is 5.73 Å². The number of thioether (sulfide) groups is 1. The van der Waals surface area contributed by atoms with Crippen molar-refractivity contribution in [2.24, 2.45) is 5.73 Å². The van der Waals surface area contributed by atoms with Crippen LogP contribution in [0.3, 0.4) is 0 Å². The molecule has 3 N–H and O–H groups in total. The molecule has 1 unspecified atom stereocenters. The van der Waals surface area contributed by atoms with Crippen molar-refractivity contribution in [3.05, 3.63) is 47.3 Å². The second kappa shape index (κ2) is 9.21. The zero-order valence-electron chi connectivity index (χ0n) is 14.5. The van der Waals surface area contributed by atoms with Gasteiger partial charge in [0.2, 0.25) is 5.91 Å². The van der Waals surface area contributed by atoms with Gasteiger partial charge < -0.3 is 16.0 Å². The number of hydrogen-bond acceptors (Lipinski definition) is 5. The van der Waals surface area contributed by atoms with Crippen LogP contribution in [0.1, 0.15) is 29.6 Å². The fourth-order valence-electron chi connectivity index (χ4n) is 3.05. The smallest absolute Gasteiger partial charge is 0.254 e. The van der Waals surface area contributed by atoms with Crippen molar-refractivity contribution >= 4 is 40.6 Å². The molecule has 0 saturated carbocycles. The highest BCUT2D eigenvalue weighted by Crippen LogP contribution is 2.24. The Labute approximate surface area is 162 Å². The van der Waals surface area contributed by atoms with E-state index in [1.165, 1.54) is 11.8 Å². The molecule has 0 aliphatic carbocycles.